The second-order valence-electron chi connectivity index (χ2n) is 5.85. The maximum Gasteiger partial charge on any atom is 0.204 e. The SMILES string of the molecule is COc1cc(/C=C2\CCc3c(O)cccc3C2=O)c(Br)c(OC)c1OC. The van der Waals surface area contributed by atoms with E-state index in [2.05, 4.69) is 15.9 Å². The van der Waals surface area contributed by atoms with Crippen LogP contribution in [0.15, 0.2) is 34.3 Å². The summed E-state index contributed by atoms with van der Waals surface area (Å²) in [5.41, 5.74) is 2.68. The Kier molecular flexibility index (Phi) is 5.23. The summed E-state index contributed by atoms with van der Waals surface area (Å²) < 4.78 is 16.9. The molecule has 26 heavy (non-hydrogen) atoms. The summed E-state index contributed by atoms with van der Waals surface area (Å²) >= 11 is 3.53. The number of ketones is 1. The number of hydrogen-bond acceptors (Lipinski definition) is 5. The van der Waals surface area contributed by atoms with Gasteiger partial charge in [-0.2, -0.15) is 0 Å². The zero-order valence-electron chi connectivity index (χ0n) is 14.8. The molecule has 2 aromatic carbocycles. The Hall–Kier alpha value is -2.47. The zero-order chi connectivity index (χ0) is 18.8. The minimum absolute atomic E-state index is 0.0807. The fourth-order valence-corrected chi connectivity index (χ4v) is 3.74. The van der Waals surface area contributed by atoms with Gasteiger partial charge in [-0.1, -0.05) is 12.1 Å². The van der Waals surface area contributed by atoms with E-state index in [4.69, 9.17) is 14.2 Å². The quantitative estimate of drug-likeness (QED) is 0.745. The molecule has 1 aliphatic carbocycles. The van der Waals surface area contributed by atoms with Crippen LogP contribution in [-0.2, 0) is 6.42 Å². The molecule has 0 unspecified atom stereocenters. The van der Waals surface area contributed by atoms with E-state index in [9.17, 15) is 9.90 Å². The van der Waals surface area contributed by atoms with Crippen molar-refractivity contribution in [2.24, 2.45) is 0 Å². The number of halogens is 1. The molecule has 3 rings (SSSR count). The number of carbonyl (C=O) groups is 1. The number of aromatic hydroxyl groups is 1. The summed E-state index contributed by atoms with van der Waals surface area (Å²) in [6.07, 6.45) is 2.98. The summed E-state index contributed by atoms with van der Waals surface area (Å²) in [7, 11) is 4.63. The van der Waals surface area contributed by atoms with Gasteiger partial charge in [0.25, 0.3) is 0 Å². The predicted octanol–water partition coefficient (Wildman–Crippen LogP) is 4.39. The van der Waals surface area contributed by atoms with Crippen molar-refractivity contribution in [3.63, 3.8) is 0 Å². The molecule has 0 heterocycles. The van der Waals surface area contributed by atoms with Gasteiger partial charge < -0.3 is 19.3 Å². The van der Waals surface area contributed by atoms with Crippen LogP contribution in [0.4, 0.5) is 0 Å². The van der Waals surface area contributed by atoms with Crippen molar-refractivity contribution >= 4 is 27.8 Å². The van der Waals surface area contributed by atoms with Crippen molar-refractivity contribution in [1.29, 1.82) is 0 Å². The molecule has 5 nitrogen and oxygen atoms in total. The Labute approximate surface area is 160 Å². The van der Waals surface area contributed by atoms with E-state index in [1.165, 1.54) is 0 Å². The standard InChI is InChI=1S/C20H19BrO5/c1-24-16-10-12(17(21)20(26-3)19(16)25-2)9-11-7-8-13-14(18(11)23)5-4-6-15(13)22/h4-6,9-10,22H,7-8H2,1-3H3/b11-9+. The Morgan fingerprint density at radius 1 is 1.08 bits per heavy atom. The largest absolute Gasteiger partial charge is 0.508 e. The van der Waals surface area contributed by atoms with Gasteiger partial charge in [0.2, 0.25) is 5.75 Å². The minimum Gasteiger partial charge on any atom is -0.508 e. The molecule has 0 fully saturated rings. The summed E-state index contributed by atoms with van der Waals surface area (Å²) in [5.74, 6) is 1.58. The predicted molar refractivity (Wildman–Crippen MR) is 103 cm³/mol. The van der Waals surface area contributed by atoms with Gasteiger partial charge in [-0.3, -0.25) is 4.79 Å². The minimum atomic E-state index is -0.0807. The Balaban J connectivity index is 2.10. The molecule has 0 spiro atoms. The molecule has 0 radical (unpaired) electrons. The van der Waals surface area contributed by atoms with Crippen molar-refractivity contribution in [2.45, 2.75) is 12.8 Å². The van der Waals surface area contributed by atoms with E-state index >= 15 is 0 Å². The van der Waals surface area contributed by atoms with Crippen molar-refractivity contribution in [3.05, 3.63) is 51.0 Å². The highest BCUT2D eigenvalue weighted by Gasteiger charge is 2.25. The second kappa shape index (κ2) is 7.41. The zero-order valence-corrected chi connectivity index (χ0v) is 16.3. The first-order valence-corrected chi connectivity index (χ1v) is 8.85. The number of carbonyl (C=O) groups excluding carboxylic acids is 1. The number of methoxy groups -OCH3 is 3. The molecule has 0 aliphatic heterocycles. The number of Topliss-reactive ketones (excluding diaryl/α,β-unsaturated/α-hetero) is 1. The molecular formula is C20H19BrO5. The third-order valence-electron chi connectivity index (χ3n) is 4.46. The van der Waals surface area contributed by atoms with Gasteiger partial charge in [-0.15, -0.1) is 0 Å². The molecule has 0 amide bonds. The normalized spacial score (nSPS) is 14.9. The van der Waals surface area contributed by atoms with Crippen LogP contribution >= 0.6 is 15.9 Å². The maximum atomic E-state index is 12.8. The van der Waals surface area contributed by atoms with Crippen molar-refractivity contribution in [2.75, 3.05) is 21.3 Å². The molecule has 0 atom stereocenters. The third kappa shape index (κ3) is 3.05. The third-order valence-corrected chi connectivity index (χ3v) is 5.28. The van der Waals surface area contributed by atoms with E-state index < -0.39 is 0 Å². The van der Waals surface area contributed by atoms with Crippen LogP contribution < -0.4 is 14.2 Å². The molecule has 1 N–H and O–H groups in total. The van der Waals surface area contributed by atoms with Gasteiger partial charge in [0.05, 0.1) is 25.8 Å². The van der Waals surface area contributed by atoms with E-state index in [0.29, 0.717) is 51.3 Å². The summed E-state index contributed by atoms with van der Waals surface area (Å²) in [6, 6.07) is 6.83. The molecule has 136 valence electrons. The van der Waals surface area contributed by atoms with E-state index in [-0.39, 0.29) is 11.5 Å². The monoisotopic (exact) mass is 418 g/mol. The Morgan fingerprint density at radius 3 is 2.46 bits per heavy atom. The fraction of sp³-hybridized carbons (Fsp3) is 0.250. The highest BCUT2D eigenvalue weighted by molar-refractivity contribution is 9.10. The first-order valence-electron chi connectivity index (χ1n) is 8.06. The second-order valence-corrected chi connectivity index (χ2v) is 6.64. The first kappa shape index (κ1) is 18.3. The van der Waals surface area contributed by atoms with Crippen LogP contribution in [0.2, 0.25) is 0 Å². The summed E-state index contributed by atoms with van der Waals surface area (Å²) in [4.78, 5) is 12.8. The van der Waals surface area contributed by atoms with Crippen LogP contribution in [0.3, 0.4) is 0 Å². The number of phenolic OH excluding ortho intramolecular Hbond substituents is 1. The van der Waals surface area contributed by atoms with Crippen LogP contribution in [-0.4, -0.2) is 32.2 Å². The van der Waals surface area contributed by atoms with Crippen LogP contribution in [0.1, 0.15) is 27.9 Å². The van der Waals surface area contributed by atoms with Crippen molar-refractivity contribution < 1.29 is 24.1 Å². The number of ether oxygens (including phenoxy) is 3. The van der Waals surface area contributed by atoms with Gasteiger partial charge in [0, 0.05) is 16.7 Å². The average molecular weight is 419 g/mol. The highest BCUT2D eigenvalue weighted by atomic mass is 79.9. The fourth-order valence-electron chi connectivity index (χ4n) is 3.17. The van der Waals surface area contributed by atoms with E-state index in [1.54, 1.807) is 45.6 Å². The lowest BCUT2D eigenvalue weighted by atomic mass is 9.85. The van der Waals surface area contributed by atoms with Crippen LogP contribution in [0, 0.1) is 0 Å². The van der Waals surface area contributed by atoms with Gasteiger partial charge in [0.1, 0.15) is 5.75 Å². The van der Waals surface area contributed by atoms with Gasteiger partial charge in [-0.25, -0.2) is 0 Å². The van der Waals surface area contributed by atoms with Crippen molar-refractivity contribution in [1.82, 2.24) is 0 Å². The molecule has 0 saturated carbocycles. The number of benzene rings is 2. The molecule has 2 aromatic rings. The topological polar surface area (TPSA) is 65.0 Å². The van der Waals surface area contributed by atoms with Crippen molar-refractivity contribution in [3.8, 4) is 23.0 Å². The molecule has 1 aliphatic rings. The number of fused-ring (bicyclic) bond motifs is 1. The number of allylic oxidation sites excluding steroid dienone is 1. The Morgan fingerprint density at radius 2 is 1.81 bits per heavy atom. The lowest BCUT2D eigenvalue weighted by Gasteiger charge is -2.19. The molecule has 6 heteroatoms. The van der Waals surface area contributed by atoms with Crippen LogP contribution in [0.5, 0.6) is 23.0 Å². The van der Waals surface area contributed by atoms with E-state index in [0.717, 1.165) is 5.56 Å². The Bertz CT molecular complexity index is 902. The van der Waals surface area contributed by atoms with Gasteiger partial charge >= 0.3 is 0 Å². The van der Waals surface area contributed by atoms with Crippen LogP contribution in [0.25, 0.3) is 6.08 Å². The lowest BCUT2D eigenvalue weighted by Crippen LogP contribution is -2.14. The highest BCUT2D eigenvalue weighted by Crippen LogP contribution is 2.45. The molecule has 0 saturated heterocycles. The number of phenols is 1. The molecule has 0 aromatic heterocycles. The molecule has 0 bridgehead atoms. The van der Waals surface area contributed by atoms with Gasteiger partial charge in [0.15, 0.2) is 17.3 Å². The summed E-state index contributed by atoms with van der Waals surface area (Å²) in [5, 5.41) is 9.96. The van der Waals surface area contributed by atoms with E-state index in [1.807, 2.05) is 6.08 Å². The lowest BCUT2D eigenvalue weighted by molar-refractivity contribution is 0.102. The number of rotatable bonds is 4. The average Bonchev–Trinajstić information content (AvgIpc) is 2.65. The first-order chi connectivity index (χ1) is 12.5. The maximum absolute atomic E-state index is 12.8. The summed E-state index contributed by atoms with van der Waals surface area (Å²) in [6.45, 7) is 0. The molecular weight excluding hydrogens is 400 g/mol. The number of hydrogen-bond donors (Lipinski definition) is 1. The van der Waals surface area contributed by atoms with Gasteiger partial charge in [-0.05, 0) is 52.5 Å². The smallest absolute Gasteiger partial charge is 0.204 e.